The number of aryl methyl sites for hydroxylation is 2. The Morgan fingerprint density at radius 1 is 1.00 bits per heavy atom. The van der Waals surface area contributed by atoms with Gasteiger partial charge in [0.15, 0.2) is 0 Å². The van der Waals surface area contributed by atoms with Crippen molar-refractivity contribution in [2.24, 2.45) is 0 Å². The molecule has 0 aliphatic carbocycles. The van der Waals surface area contributed by atoms with Crippen molar-refractivity contribution in [1.82, 2.24) is 15.1 Å². The molecule has 190 valence electrons. The van der Waals surface area contributed by atoms with E-state index >= 15 is 0 Å². The number of nitrogens with zero attached hydrogens (tertiary/aromatic N) is 2. The van der Waals surface area contributed by atoms with Crippen molar-refractivity contribution in [1.29, 1.82) is 0 Å². The van der Waals surface area contributed by atoms with Crippen LogP contribution in [0.5, 0.6) is 5.75 Å². The highest BCUT2D eigenvalue weighted by Crippen LogP contribution is 2.30. The Balaban J connectivity index is 0.00000361. The van der Waals surface area contributed by atoms with Crippen LogP contribution in [0.25, 0.3) is 16.6 Å². The molecule has 0 aliphatic heterocycles. The molecule has 5 nitrogen and oxygen atoms in total. The van der Waals surface area contributed by atoms with Gasteiger partial charge in [-0.25, -0.2) is 9.07 Å². The number of carbonyl (C=O) groups excluding carboxylic acids is 1. The molecule has 0 bridgehead atoms. The van der Waals surface area contributed by atoms with Gasteiger partial charge in [0, 0.05) is 5.39 Å². The molecule has 0 spiro atoms. The molecule has 1 N–H and O–H groups in total. The van der Waals surface area contributed by atoms with Crippen LogP contribution in [0.2, 0.25) is 0 Å². The molecule has 0 saturated heterocycles. The average Bonchev–Trinajstić information content (AvgIpc) is 3.22. The Bertz CT molecular complexity index is 1360. The summed E-state index contributed by atoms with van der Waals surface area (Å²) in [5, 5.41) is 7.08. The van der Waals surface area contributed by atoms with Gasteiger partial charge < -0.3 is 10.1 Å². The number of benzene rings is 3. The van der Waals surface area contributed by atoms with Gasteiger partial charge in [-0.15, -0.1) is 0 Å². The van der Waals surface area contributed by atoms with E-state index in [4.69, 9.17) is 4.74 Å². The van der Waals surface area contributed by atoms with Crippen LogP contribution in [-0.4, -0.2) is 27.9 Å². The zero-order valence-corrected chi connectivity index (χ0v) is 19.2. The summed E-state index contributed by atoms with van der Waals surface area (Å²) in [7, 11) is 0. The van der Waals surface area contributed by atoms with Crippen LogP contribution in [0, 0.1) is 19.7 Å². The minimum Gasteiger partial charge on any atom is -0.484 e. The lowest BCUT2D eigenvalue weighted by Gasteiger charge is -2.27. The van der Waals surface area contributed by atoms with Crippen LogP contribution in [0.4, 0.5) is 17.6 Å². The lowest BCUT2D eigenvalue weighted by atomic mass is 9.98. The Labute approximate surface area is 206 Å². The third-order valence-corrected chi connectivity index (χ3v) is 5.80. The number of aromatic nitrogens is 2. The predicted molar refractivity (Wildman–Crippen MR) is 131 cm³/mol. The van der Waals surface area contributed by atoms with Crippen LogP contribution >= 0.6 is 0 Å². The summed E-state index contributed by atoms with van der Waals surface area (Å²) in [5.41, 5.74) is 4.01. The lowest BCUT2D eigenvalue weighted by Crippen LogP contribution is -2.45. The predicted octanol–water partition coefficient (Wildman–Crippen LogP) is 6.60. The summed E-state index contributed by atoms with van der Waals surface area (Å²) < 4.78 is 59.7. The highest BCUT2D eigenvalue weighted by molar-refractivity contribution is 5.82. The van der Waals surface area contributed by atoms with Crippen LogP contribution in [0.3, 0.4) is 0 Å². The number of nitrogens with one attached hydrogen (secondary N) is 1. The number of amides is 1. The smallest absolute Gasteiger partial charge is 0.471 e. The summed E-state index contributed by atoms with van der Waals surface area (Å²) in [6.45, 7) is 5.29. The van der Waals surface area contributed by atoms with E-state index in [2.05, 4.69) is 5.10 Å². The zero-order chi connectivity index (χ0) is 25.3. The maximum Gasteiger partial charge on any atom is 0.471 e. The Morgan fingerprint density at radius 3 is 2.33 bits per heavy atom. The molecule has 0 unspecified atom stereocenters. The van der Waals surface area contributed by atoms with E-state index in [0.717, 1.165) is 22.0 Å². The molecule has 0 radical (unpaired) electrons. The maximum absolute atomic E-state index is 13.3. The number of hydrogen-bond donors (Lipinski definition) is 1. The summed E-state index contributed by atoms with van der Waals surface area (Å²) in [5.74, 6) is -1.99. The third kappa shape index (κ3) is 5.67. The van der Waals surface area contributed by atoms with Gasteiger partial charge >= 0.3 is 12.1 Å². The molecule has 1 aromatic heterocycles. The molecule has 3 aromatic carbocycles. The monoisotopic (exact) mass is 501 g/mol. The quantitative estimate of drug-likeness (QED) is 0.303. The highest BCUT2D eigenvalue weighted by Gasteiger charge is 2.40. The minimum absolute atomic E-state index is 0. The highest BCUT2D eigenvalue weighted by atomic mass is 19.4. The van der Waals surface area contributed by atoms with Gasteiger partial charge in [0.2, 0.25) is 0 Å². The molecular formula is C27H27F4N3O2. The summed E-state index contributed by atoms with van der Waals surface area (Å²) in [6.07, 6.45) is -4.27. The fourth-order valence-corrected chi connectivity index (χ4v) is 3.78. The molecule has 1 amide bonds. The zero-order valence-electron chi connectivity index (χ0n) is 19.2. The molecule has 1 heterocycles. The van der Waals surface area contributed by atoms with E-state index in [-0.39, 0.29) is 13.2 Å². The normalized spacial score (nSPS) is 13.1. The van der Waals surface area contributed by atoms with Gasteiger partial charge in [0.05, 0.1) is 23.4 Å². The van der Waals surface area contributed by atoms with Gasteiger partial charge in [-0.05, 0) is 79.9 Å². The Morgan fingerprint density at radius 2 is 1.69 bits per heavy atom. The number of carbonyl (C=O) groups is 1. The van der Waals surface area contributed by atoms with Crippen LogP contribution in [0.15, 0.2) is 66.9 Å². The van der Waals surface area contributed by atoms with Gasteiger partial charge in [-0.3, -0.25) is 4.79 Å². The maximum atomic E-state index is 13.3. The number of rotatable bonds is 6. The second-order valence-electron chi connectivity index (χ2n) is 8.40. The Kier molecular flexibility index (Phi) is 7.71. The van der Waals surface area contributed by atoms with Crippen molar-refractivity contribution in [3.8, 4) is 11.4 Å². The molecule has 0 fully saturated rings. The SMILES string of the molecule is C.Cc1ccc([C@@H](Oc2ccc3c(cnn3-c3ccc(F)cc3)c2)[C@H](C)NC(=O)C(F)(F)F)cc1C. The molecule has 4 aromatic rings. The average molecular weight is 502 g/mol. The number of fused-ring (bicyclic) bond motifs is 1. The summed E-state index contributed by atoms with van der Waals surface area (Å²) in [4.78, 5) is 11.6. The molecule has 4 rings (SSSR count). The van der Waals surface area contributed by atoms with Crippen LogP contribution < -0.4 is 10.1 Å². The molecular weight excluding hydrogens is 474 g/mol. The molecule has 2 atom stereocenters. The Hall–Kier alpha value is -3.88. The van der Waals surface area contributed by atoms with Gasteiger partial charge in [0.1, 0.15) is 17.7 Å². The lowest BCUT2D eigenvalue weighted by molar-refractivity contribution is -0.174. The van der Waals surface area contributed by atoms with E-state index < -0.39 is 24.2 Å². The third-order valence-electron chi connectivity index (χ3n) is 5.80. The summed E-state index contributed by atoms with van der Waals surface area (Å²) in [6, 6.07) is 15.5. The number of alkyl halides is 3. The van der Waals surface area contributed by atoms with E-state index in [1.165, 1.54) is 19.1 Å². The van der Waals surface area contributed by atoms with Crippen molar-refractivity contribution in [2.75, 3.05) is 0 Å². The van der Waals surface area contributed by atoms with E-state index in [9.17, 15) is 22.4 Å². The molecule has 0 aliphatic rings. The van der Waals surface area contributed by atoms with Crippen molar-refractivity contribution in [2.45, 2.75) is 46.5 Å². The van der Waals surface area contributed by atoms with Crippen molar-refractivity contribution in [3.05, 3.63) is 89.4 Å². The van der Waals surface area contributed by atoms with Gasteiger partial charge in [-0.2, -0.15) is 18.3 Å². The number of hydrogen-bond acceptors (Lipinski definition) is 3. The van der Waals surface area contributed by atoms with Crippen LogP contribution in [0.1, 0.15) is 37.1 Å². The van der Waals surface area contributed by atoms with Crippen molar-refractivity contribution >= 4 is 16.8 Å². The number of ether oxygens (including phenoxy) is 1. The fourth-order valence-electron chi connectivity index (χ4n) is 3.78. The molecule has 36 heavy (non-hydrogen) atoms. The standard InChI is InChI=1S/C26H23F4N3O2.CH4/c1-15-4-5-18(12-16(15)2)24(17(3)32-25(34)26(28,29)30)35-22-10-11-23-19(13-22)14-31-33(23)21-8-6-20(27)7-9-21;/h4-14,17,24H,1-3H3,(H,32,34);1H4/t17-,24-;/m0./s1. The van der Waals surface area contributed by atoms with Crippen molar-refractivity contribution in [3.63, 3.8) is 0 Å². The fraction of sp³-hybridized carbons (Fsp3) is 0.259. The number of halogens is 4. The van der Waals surface area contributed by atoms with Gasteiger partial charge in [0.25, 0.3) is 0 Å². The first-order chi connectivity index (χ1) is 16.5. The van der Waals surface area contributed by atoms with Gasteiger partial charge in [-0.1, -0.05) is 25.6 Å². The van der Waals surface area contributed by atoms with E-state index in [1.807, 2.05) is 31.3 Å². The van der Waals surface area contributed by atoms with E-state index in [0.29, 0.717) is 17.0 Å². The topological polar surface area (TPSA) is 56.1 Å². The first-order valence-corrected chi connectivity index (χ1v) is 10.9. The second kappa shape index (κ2) is 10.4. The first kappa shape index (κ1) is 26.7. The second-order valence-corrected chi connectivity index (χ2v) is 8.40. The molecule has 9 heteroatoms. The minimum atomic E-state index is -5.00. The first-order valence-electron chi connectivity index (χ1n) is 10.9. The summed E-state index contributed by atoms with van der Waals surface area (Å²) >= 11 is 0. The molecule has 0 saturated carbocycles. The largest absolute Gasteiger partial charge is 0.484 e. The van der Waals surface area contributed by atoms with Crippen molar-refractivity contribution < 1.29 is 27.1 Å². The van der Waals surface area contributed by atoms with E-state index in [1.54, 1.807) is 47.3 Å². The van der Waals surface area contributed by atoms with Crippen LogP contribution in [-0.2, 0) is 4.79 Å².